The molecule has 4 rings (SSSR count). The van der Waals surface area contributed by atoms with Crippen molar-refractivity contribution in [2.45, 2.75) is 25.7 Å². The molecule has 0 unspecified atom stereocenters. The SMILES string of the molecule is Cc1ccc(C(=O)N2CCC[C@@H](c3ccnc(Nc4ccccc4)n3)C2)cc1F. The second kappa shape index (κ2) is 8.39. The average Bonchev–Trinajstić information content (AvgIpc) is 2.76. The van der Waals surface area contributed by atoms with E-state index < -0.39 is 0 Å². The van der Waals surface area contributed by atoms with Gasteiger partial charge in [0.25, 0.3) is 5.91 Å². The largest absolute Gasteiger partial charge is 0.338 e. The number of para-hydroxylation sites is 1. The highest BCUT2D eigenvalue weighted by Gasteiger charge is 2.27. The van der Waals surface area contributed by atoms with Gasteiger partial charge in [-0.3, -0.25) is 4.79 Å². The number of amides is 1. The van der Waals surface area contributed by atoms with E-state index in [1.54, 1.807) is 30.2 Å². The minimum Gasteiger partial charge on any atom is -0.338 e. The lowest BCUT2D eigenvalue weighted by atomic mass is 9.94. The van der Waals surface area contributed by atoms with Gasteiger partial charge in [-0.2, -0.15) is 0 Å². The molecule has 2 aromatic carbocycles. The van der Waals surface area contributed by atoms with Crippen LogP contribution in [0.3, 0.4) is 0 Å². The Bertz CT molecular complexity index is 1010. The van der Waals surface area contributed by atoms with Crippen LogP contribution in [-0.4, -0.2) is 33.9 Å². The fourth-order valence-electron chi connectivity index (χ4n) is 3.62. The number of hydrogen-bond acceptors (Lipinski definition) is 4. The number of carbonyl (C=O) groups is 1. The van der Waals surface area contributed by atoms with Crippen molar-refractivity contribution in [3.8, 4) is 0 Å². The predicted molar refractivity (Wildman–Crippen MR) is 111 cm³/mol. The number of aryl methyl sites for hydroxylation is 1. The number of benzene rings is 2. The molecule has 29 heavy (non-hydrogen) atoms. The zero-order valence-corrected chi connectivity index (χ0v) is 16.3. The Balaban J connectivity index is 1.49. The van der Waals surface area contributed by atoms with Gasteiger partial charge in [0.1, 0.15) is 5.82 Å². The zero-order valence-electron chi connectivity index (χ0n) is 16.3. The van der Waals surface area contributed by atoms with E-state index in [2.05, 4.69) is 15.3 Å². The minimum atomic E-state index is -0.350. The van der Waals surface area contributed by atoms with Gasteiger partial charge in [-0.05, 0) is 55.7 Å². The highest BCUT2D eigenvalue weighted by Crippen LogP contribution is 2.27. The first-order chi connectivity index (χ1) is 14.1. The average molecular weight is 390 g/mol. The number of carbonyl (C=O) groups excluding carboxylic acids is 1. The van der Waals surface area contributed by atoms with Crippen molar-refractivity contribution in [2.75, 3.05) is 18.4 Å². The molecule has 0 bridgehead atoms. The third-order valence-electron chi connectivity index (χ3n) is 5.25. The number of nitrogens with one attached hydrogen (secondary N) is 1. The third kappa shape index (κ3) is 4.42. The van der Waals surface area contributed by atoms with Crippen LogP contribution in [0.15, 0.2) is 60.8 Å². The highest BCUT2D eigenvalue weighted by molar-refractivity contribution is 5.94. The van der Waals surface area contributed by atoms with Crippen molar-refractivity contribution in [3.63, 3.8) is 0 Å². The molecule has 3 aromatic rings. The molecule has 0 radical (unpaired) electrons. The fraction of sp³-hybridized carbons (Fsp3) is 0.261. The maximum Gasteiger partial charge on any atom is 0.253 e. The zero-order chi connectivity index (χ0) is 20.2. The van der Waals surface area contributed by atoms with E-state index >= 15 is 0 Å². The molecular formula is C23H23FN4O. The monoisotopic (exact) mass is 390 g/mol. The van der Waals surface area contributed by atoms with Crippen LogP contribution in [0.25, 0.3) is 0 Å². The maximum atomic E-state index is 13.9. The van der Waals surface area contributed by atoms with Crippen LogP contribution in [0.5, 0.6) is 0 Å². The van der Waals surface area contributed by atoms with Crippen molar-refractivity contribution >= 4 is 17.5 Å². The Kier molecular flexibility index (Phi) is 5.51. The quantitative estimate of drug-likeness (QED) is 0.702. The molecule has 2 heterocycles. The molecule has 0 saturated carbocycles. The number of nitrogens with zero attached hydrogens (tertiary/aromatic N) is 3. The minimum absolute atomic E-state index is 0.127. The third-order valence-corrected chi connectivity index (χ3v) is 5.25. The summed E-state index contributed by atoms with van der Waals surface area (Å²) < 4.78 is 13.9. The molecular weight excluding hydrogens is 367 g/mol. The van der Waals surface area contributed by atoms with E-state index in [1.165, 1.54) is 6.07 Å². The van der Waals surface area contributed by atoms with E-state index in [4.69, 9.17) is 0 Å². The summed E-state index contributed by atoms with van der Waals surface area (Å²) in [5.74, 6) is 0.183. The fourth-order valence-corrected chi connectivity index (χ4v) is 3.62. The summed E-state index contributed by atoms with van der Waals surface area (Å²) in [6.45, 7) is 2.93. The van der Waals surface area contributed by atoms with Crippen molar-refractivity contribution in [1.29, 1.82) is 0 Å². The summed E-state index contributed by atoms with van der Waals surface area (Å²) in [4.78, 5) is 23.6. The van der Waals surface area contributed by atoms with Crippen LogP contribution in [-0.2, 0) is 0 Å². The van der Waals surface area contributed by atoms with Gasteiger partial charge in [0.15, 0.2) is 0 Å². The van der Waals surface area contributed by atoms with Crippen LogP contribution in [0, 0.1) is 12.7 Å². The van der Waals surface area contributed by atoms with E-state index in [0.717, 1.165) is 24.2 Å². The van der Waals surface area contributed by atoms with E-state index in [0.29, 0.717) is 30.2 Å². The molecule has 148 valence electrons. The summed E-state index contributed by atoms with van der Waals surface area (Å²) in [5.41, 5.74) is 2.76. The number of anilines is 2. The molecule has 1 atom stereocenters. The Morgan fingerprint density at radius 3 is 2.79 bits per heavy atom. The van der Waals surface area contributed by atoms with Crippen molar-refractivity contribution in [2.24, 2.45) is 0 Å². The molecule has 1 aliphatic rings. The van der Waals surface area contributed by atoms with Gasteiger partial charge >= 0.3 is 0 Å². The molecule has 0 spiro atoms. The Morgan fingerprint density at radius 1 is 1.17 bits per heavy atom. The molecule has 5 nitrogen and oxygen atoms in total. The Morgan fingerprint density at radius 2 is 2.00 bits per heavy atom. The second-order valence-electron chi connectivity index (χ2n) is 7.35. The summed E-state index contributed by atoms with van der Waals surface area (Å²) in [7, 11) is 0. The van der Waals surface area contributed by atoms with Gasteiger partial charge < -0.3 is 10.2 Å². The Hall–Kier alpha value is -3.28. The van der Waals surface area contributed by atoms with Crippen molar-refractivity contribution in [3.05, 3.63) is 83.4 Å². The molecule has 0 aliphatic carbocycles. The lowest BCUT2D eigenvalue weighted by Gasteiger charge is -2.32. The molecule has 1 aromatic heterocycles. The standard InChI is InChI=1S/C23H23FN4O/c1-16-9-10-17(14-20(16)24)22(29)28-13-5-6-18(15-28)21-11-12-25-23(27-21)26-19-7-3-2-4-8-19/h2-4,7-12,14,18H,5-6,13,15H2,1H3,(H,25,26,27)/t18-/m1/s1. The number of aromatic nitrogens is 2. The molecule has 1 N–H and O–H groups in total. The lowest BCUT2D eigenvalue weighted by molar-refractivity contribution is 0.0705. The number of halogens is 1. The van der Waals surface area contributed by atoms with Crippen molar-refractivity contribution in [1.82, 2.24) is 14.9 Å². The second-order valence-corrected chi connectivity index (χ2v) is 7.35. The number of likely N-dealkylation sites (tertiary alicyclic amines) is 1. The topological polar surface area (TPSA) is 58.1 Å². The van der Waals surface area contributed by atoms with Gasteiger partial charge in [-0.15, -0.1) is 0 Å². The molecule has 1 saturated heterocycles. The first kappa shape index (κ1) is 19.1. The smallest absolute Gasteiger partial charge is 0.253 e. The lowest BCUT2D eigenvalue weighted by Crippen LogP contribution is -2.39. The Labute approximate surface area is 169 Å². The summed E-state index contributed by atoms with van der Waals surface area (Å²) in [6.07, 6.45) is 3.58. The van der Waals surface area contributed by atoms with Gasteiger partial charge in [0, 0.05) is 36.5 Å². The highest BCUT2D eigenvalue weighted by atomic mass is 19.1. The van der Waals surface area contributed by atoms with Crippen LogP contribution >= 0.6 is 0 Å². The van der Waals surface area contributed by atoms with Gasteiger partial charge in [-0.25, -0.2) is 14.4 Å². The summed E-state index contributed by atoms with van der Waals surface area (Å²) in [5, 5.41) is 3.21. The number of rotatable bonds is 4. The predicted octanol–water partition coefficient (Wildman–Crippen LogP) is 4.69. The van der Waals surface area contributed by atoms with Crippen LogP contribution in [0.4, 0.5) is 16.0 Å². The molecule has 1 fully saturated rings. The first-order valence-corrected chi connectivity index (χ1v) is 9.80. The van der Waals surface area contributed by atoms with Crippen LogP contribution in [0.1, 0.15) is 40.4 Å². The van der Waals surface area contributed by atoms with Crippen LogP contribution < -0.4 is 5.32 Å². The maximum absolute atomic E-state index is 13.9. The van der Waals surface area contributed by atoms with E-state index in [-0.39, 0.29) is 17.6 Å². The van der Waals surface area contributed by atoms with Gasteiger partial charge in [0.05, 0.1) is 5.69 Å². The van der Waals surface area contributed by atoms with E-state index in [9.17, 15) is 9.18 Å². The molecule has 1 amide bonds. The normalized spacial score (nSPS) is 16.5. The molecule has 1 aliphatic heterocycles. The number of hydrogen-bond donors (Lipinski definition) is 1. The number of piperidine rings is 1. The first-order valence-electron chi connectivity index (χ1n) is 9.80. The van der Waals surface area contributed by atoms with Crippen molar-refractivity contribution < 1.29 is 9.18 Å². The van der Waals surface area contributed by atoms with E-state index in [1.807, 2.05) is 36.4 Å². The van der Waals surface area contributed by atoms with Crippen LogP contribution in [0.2, 0.25) is 0 Å². The summed E-state index contributed by atoms with van der Waals surface area (Å²) in [6, 6.07) is 16.3. The molecule has 6 heteroatoms. The van der Waals surface area contributed by atoms with Gasteiger partial charge in [0.2, 0.25) is 5.95 Å². The van der Waals surface area contributed by atoms with Gasteiger partial charge in [-0.1, -0.05) is 24.3 Å². The summed E-state index contributed by atoms with van der Waals surface area (Å²) >= 11 is 0.